The fourth-order valence-electron chi connectivity index (χ4n) is 4.96. The minimum Gasteiger partial charge on any atom is -0.465 e. The number of halogens is 4. The maximum atomic E-state index is 14.1. The maximum absolute atomic E-state index is 14.1. The van der Waals surface area contributed by atoms with Gasteiger partial charge in [-0.25, -0.2) is 9.18 Å². The Balaban J connectivity index is 1.45. The number of nitrogens with zero attached hydrogens (tertiary/aromatic N) is 2. The molecule has 1 aliphatic rings. The summed E-state index contributed by atoms with van der Waals surface area (Å²) < 4.78 is 53.6. The number of anilines is 1. The Labute approximate surface area is 243 Å². The summed E-state index contributed by atoms with van der Waals surface area (Å²) in [5.74, 6) is -1.60. The molecule has 1 saturated heterocycles. The number of carboxylic acid groups (broad SMARTS) is 1. The van der Waals surface area contributed by atoms with Gasteiger partial charge in [0, 0.05) is 42.3 Å². The number of amides is 3. The first kappa shape index (κ1) is 31.3. The fraction of sp³-hybridized carbons (Fsp3) is 0.379. The summed E-state index contributed by atoms with van der Waals surface area (Å²) in [5.41, 5.74) is 0.150. The van der Waals surface area contributed by atoms with Gasteiger partial charge >= 0.3 is 12.3 Å². The van der Waals surface area contributed by atoms with Crippen molar-refractivity contribution in [1.82, 2.24) is 19.8 Å². The molecule has 4 rings (SSSR count). The van der Waals surface area contributed by atoms with Gasteiger partial charge in [-0.15, -0.1) is 0 Å². The summed E-state index contributed by atoms with van der Waals surface area (Å²) in [6.07, 6.45) is -0.838. The number of allylic oxidation sites excluding steroid dienone is 1. The highest BCUT2D eigenvalue weighted by Gasteiger charge is 2.27. The van der Waals surface area contributed by atoms with Crippen LogP contribution in [0.25, 0.3) is 10.9 Å². The molecule has 4 N–H and O–H groups in total. The number of nitrogens with one attached hydrogen (secondary N) is 3. The van der Waals surface area contributed by atoms with Crippen LogP contribution in [0.2, 0.25) is 0 Å². The van der Waals surface area contributed by atoms with Gasteiger partial charge in [-0.3, -0.25) is 14.4 Å². The number of aromatic amines is 1. The Kier molecular flexibility index (Phi) is 9.88. The van der Waals surface area contributed by atoms with E-state index >= 15 is 0 Å². The molecule has 1 atom stereocenters. The Bertz CT molecular complexity index is 1570. The Hall–Kier alpha value is -4.62. The van der Waals surface area contributed by atoms with Crippen molar-refractivity contribution < 1.29 is 37.1 Å². The predicted octanol–water partition coefficient (Wildman–Crippen LogP) is 4.55. The van der Waals surface area contributed by atoms with Crippen LogP contribution in [0.5, 0.6) is 0 Å². The Morgan fingerprint density at radius 2 is 1.88 bits per heavy atom. The number of carbonyl (C=O) groups excluding carboxylic acids is 2. The zero-order valence-electron chi connectivity index (χ0n) is 23.0. The van der Waals surface area contributed by atoms with Gasteiger partial charge in [0.05, 0.1) is 6.54 Å². The van der Waals surface area contributed by atoms with Crippen molar-refractivity contribution in [2.45, 2.75) is 57.3 Å². The number of rotatable bonds is 11. The van der Waals surface area contributed by atoms with E-state index in [9.17, 15) is 41.8 Å². The van der Waals surface area contributed by atoms with Crippen LogP contribution in [0.4, 0.5) is 28.0 Å². The lowest BCUT2D eigenvalue weighted by atomic mass is 10.1. The van der Waals surface area contributed by atoms with Gasteiger partial charge in [-0.1, -0.05) is 6.08 Å². The molecule has 1 aliphatic heterocycles. The smallest absolute Gasteiger partial charge is 0.405 e. The minimum atomic E-state index is -4.41. The largest absolute Gasteiger partial charge is 0.465 e. The van der Waals surface area contributed by atoms with E-state index in [-0.39, 0.29) is 36.5 Å². The molecule has 43 heavy (non-hydrogen) atoms. The summed E-state index contributed by atoms with van der Waals surface area (Å²) in [6, 6.07) is 5.37. The van der Waals surface area contributed by atoms with E-state index in [2.05, 4.69) is 15.6 Å². The lowest BCUT2D eigenvalue weighted by Crippen LogP contribution is -2.44. The third kappa shape index (κ3) is 8.69. The second-order valence-electron chi connectivity index (χ2n) is 10.3. The predicted molar refractivity (Wildman–Crippen MR) is 150 cm³/mol. The lowest BCUT2D eigenvalue weighted by Gasteiger charge is -2.16. The van der Waals surface area contributed by atoms with Crippen LogP contribution in [-0.2, 0) is 22.6 Å². The summed E-state index contributed by atoms with van der Waals surface area (Å²) in [4.78, 5) is 54.2. The van der Waals surface area contributed by atoms with Crippen molar-refractivity contribution in [3.05, 3.63) is 76.1 Å². The van der Waals surface area contributed by atoms with Gasteiger partial charge in [0.2, 0.25) is 11.8 Å². The number of fused-ring (bicyclic) bond motifs is 1. The van der Waals surface area contributed by atoms with Gasteiger partial charge in [-0.2, -0.15) is 13.2 Å². The molecule has 0 saturated carbocycles. The molecule has 1 aromatic carbocycles. The van der Waals surface area contributed by atoms with E-state index in [1.807, 2.05) is 0 Å². The zero-order valence-corrected chi connectivity index (χ0v) is 23.0. The lowest BCUT2D eigenvalue weighted by molar-refractivity contribution is -0.134. The molecule has 2 aromatic heterocycles. The van der Waals surface area contributed by atoms with E-state index in [1.54, 1.807) is 11.0 Å². The molecule has 0 aliphatic carbocycles. The van der Waals surface area contributed by atoms with Crippen LogP contribution in [0.1, 0.15) is 43.4 Å². The van der Waals surface area contributed by atoms with Gasteiger partial charge in [0.25, 0.3) is 5.56 Å². The highest BCUT2D eigenvalue weighted by Crippen LogP contribution is 2.27. The van der Waals surface area contributed by atoms with E-state index in [1.165, 1.54) is 41.1 Å². The fourth-order valence-corrected chi connectivity index (χ4v) is 4.96. The number of carbonyl (C=O) groups is 3. The summed E-state index contributed by atoms with van der Waals surface area (Å²) in [5, 5.41) is 14.1. The molecule has 10 nitrogen and oxygen atoms in total. The zero-order chi connectivity index (χ0) is 31.1. The molecule has 3 heterocycles. The summed E-state index contributed by atoms with van der Waals surface area (Å²) in [7, 11) is 0. The number of likely N-dealkylation sites (tertiary alicyclic amines) is 1. The van der Waals surface area contributed by atoms with Crippen molar-refractivity contribution in [1.29, 1.82) is 0 Å². The van der Waals surface area contributed by atoms with Crippen LogP contribution in [-0.4, -0.2) is 62.8 Å². The number of H-pyrrole nitrogens is 1. The highest BCUT2D eigenvalue weighted by molar-refractivity contribution is 5.96. The number of aryl methyl sites for hydroxylation is 1. The molecule has 230 valence electrons. The maximum Gasteiger partial charge on any atom is 0.405 e. The molecule has 0 bridgehead atoms. The van der Waals surface area contributed by atoms with Crippen molar-refractivity contribution in [3.63, 3.8) is 0 Å². The van der Waals surface area contributed by atoms with Gasteiger partial charge in [-0.05, 0) is 74.1 Å². The summed E-state index contributed by atoms with van der Waals surface area (Å²) in [6.45, 7) is 1.31. The average Bonchev–Trinajstić information content (AvgIpc) is 3.61. The number of alkyl halides is 3. The van der Waals surface area contributed by atoms with Gasteiger partial charge < -0.3 is 30.2 Å². The first-order valence-electron chi connectivity index (χ1n) is 13.7. The van der Waals surface area contributed by atoms with E-state index in [0.29, 0.717) is 29.7 Å². The van der Waals surface area contributed by atoms with Crippen molar-refractivity contribution in [3.8, 4) is 0 Å². The number of hydrogen-bond acceptors (Lipinski definition) is 4. The molecule has 3 aromatic rings. The second-order valence-corrected chi connectivity index (χ2v) is 10.3. The minimum absolute atomic E-state index is 0.0330. The molecule has 3 amide bonds. The molecule has 0 spiro atoms. The molecule has 1 fully saturated rings. The Morgan fingerprint density at radius 1 is 1.14 bits per heavy atom. The van der Waals surface area contributed by atoms with Crippen LogP contribution in [0.15, 0.2) is 53.5 Å². The topological polar surface area (TPSA) is 137 Å². The second kappa shape index (κ2) is 13.6. The van der Waals surface area contributed by atoms with Gasteiger partial charge in [0.15, 0.2) is 0 Å². The first-order valence-corrected chi connectivity index (χ1v) is 13.7. The monoisotopic (exact) mass is 605 g/mol. The first-order chi connectivity index (χ1) is 20.4. The van der Waals surface area contributed by atoms with Crippen molar-refractivity contribution in [2.24, 2.45) is 0 Å². The van der Waals surface area contributed by atoms with Crippen molar-refractivity contribution >= 4 is 34.5 Å². The van der Waals surface area contributed by atoms with Crippen LogP contribution in [0.3, 0.4) is 0 Å². The van der Waals surface area contributed by atoms with Crippen LogP contribution >= 0.6 is 0 Å². The van der Waals surface area contributed by atoms with Crippen LogP contribution < -0.4 is 16.2 Å². The number of hydrogen-bond donors (Lipinski definition) is 4. The molecular formula is C29H31F4N5O5. The third-order valence-corrected chi connectivity index (χ3v) is 7.04. The normalized spacial score (nSPS) is 14.4. The standard InChI is InChI=1S/C29H31F4N5O5/c30-20-14-18(9-10-29(31,32)33)25-19(15-20)16-21(34-25)17-38-13-5-7-23(27(38)41)35-26(40)22(36-28(42)43)6-1-2-8-24(39)37-11-3-4-12-37/h2,5,7-8,13-16,22,34,36H,1,3-4,6,9-12,17H2,(H,35,40)(H,42,43)/b8-2+. The van der Waals surface area contributed by atoms with E-state index in [0.717, 1.165) is 18.9 Å². The Morgan fingerprint density at radius 3 is 2.58 bits per heavy atom. The molecule has 14 heteroatoms. The number of aromatic nitrogens is 2. The SMILES string of the molecule is O=C(O)NC(CC/C=C/C(=O)N1CCCC1)C(=O)Nc1cccn(Cc2cc3cc(F)cc(CCC(F)(F)F)c3[nH]2)c1=O. The summed E-state index contributed by atoms with van der Waals surface area (Å²) >= 11 is 0. The van der Waals surface area contributed by atoms with E-state index < -0.39 is 48.4 Å². The van der Waals surface area contributed by atoms with Crippen LogP contribution in [0, 0.1) is 5.82 Å². The van der Waals surface area contributed by atoms with E-state index in [4.69, 9.17) is 0 Å². The highest BCUT2D eigenvalue weighted by atomic mass is 19.4. The number of benzene rings is 1. The number of pyridine rings is 1. The average molecular weight is 606 g/mol. The van der Waals surface area contributed by atoms with Crippen molar-refractivity contribution in [2.75, 3.05) is 18.4 Å². The molecular weight excluding hydrogens is 574 g/mol. The molecule has 0 radical (unpaired) electrons. The third-order valence-electron chi connectivity index (χ3n) is 7.04. The van der Waals surface area contributed by atoms with Gasteiger partial charge in [0.1, 0.15) is 17.5 Å². The molecule has 1 unspecified atom stereocenters. The quantitative estimate of drug-likeness (QED) is 0.188.